The Morgan fingerprint density at radius 3 is 1.81 bits per heavy atom. The largest absolute Gasteiger partial charge is 0.467 e. The van der Waals surface area contributed by atoms with Gasteiger partial charge in [0.05, 0.1) is 7.11 Å². The lowest BCUT2D eigenvalue weighted by Gasteiger charge is -2.22. The van der Waals surface area contributed by atoms with Gasteiger partial charge in [0.25, 0.3) is 0 Å². The average molecular weight is 618 g/mol. The molecule has 0 aliphatic rings. The Morgan fingerprint density at radius 1 is 0.762 bits per heavy atom. The molecule has 4 N–H and O–H groups in total. The Hall–Kier alpha value is -2.34. The van der Waals surface area contributed by atoms with Crippen LogP contribution < -0.4 is 16.4 Å². The number of carbonyl (C=O) groups excluding carboxylic acids is 5. The molecule has 0 rings (SSSR count). The third kappa shape index (κ3) is 22.3. The molecule has 0 unspecified atom stereocenters. The molecule has 0 aromatic heterocycles. The fourth-order valence-electron chi connectivity index (χ4n) is 4.08. The summed E-state index contributed by atoms with van der Waals surface area (Å²) in [6.07, 6.45) is 16.6. The summed E-state index contributed by atoms with van der Waals surface area (Å²) in [5.41, 5.74) is 5.44. The summed E-state index contributed by atoms with van der Waals surface area (Å²) in [5, 5.41) is 4.97. The summed E-state index contributed by atoms with van der Waals surface area (Å²) in [4.78, 5) is 60.1. The SMILES string of the molecule is CCCCCCCCCCCCCCCC(=O)OCCSC[C@H](NC(C)=O)C(=O)N[C@@H](COC(=O)[C@H](C)N)C(=O)OC. The molecule has 2 amide bonds. The van der Waals surface area contributed by atoms with Gasteiger partial charge in [-0.1, -0.05) is 84.0 Å². The van der Waals surface area contributed by atoms with E-state index in [-0.39, 0.29) is 18.3 Å². The van der Waals surface area contributed by atoms with Crippen molar-refractivity contribution in [2.45, 2.75) is 129 Å². The van der Waals surface area contributed by atoms with E-state index in [0.717, 1.165) is 26.4 Å². The molecule has 0 spiro atoms. The predicted molar refractivity (Wildman–Crippen MR) is 165 cm³/mol. The molecule has 244 valence electrons. The highest BCUT2D eigenvalue weighted by Gasteiger charge is 2.28. The van der Waals surface area contributed by atoms with Crippen molar-refractivity contribution in [2.75, 3.05) is 31.8 Å². The normalized spacial score (nSPS) is 13.0. The van der Waals surface area contributed by atoms with Crippen LogP contribution >= 0.6 is 11.8 Å². The maximum absolute atomic E-state index is 12.8. The van der Waals surface area contributed by atoms with Crippen LogP contribution in [-0.2, 0) is 38.2 Å². The molecule has 0 fully saturated rings. The third-order valence-corrected chi connectivity index (χ3v) is 7.54. The molecule has 42 heavy (non-hydrogen) atoms. The number of thioether (sulfide) groups is 1. The summed E-state index contributed by atoms with van der Waals surface area (Å²) >= 11 is 1.31. The van der Waals surface area contributed by atoms with Crippen LogP contribution in [0.5, 0.6) is 0 Å². The first-order chi connectivity index (χ1) is 20.1. The summed E-state index contributed by atoms with van der Waals surface area (Å²) in [5.74, 6) is -2.27. The topological polar surface area (TPSA) is 163 Å². The second-order valence-corrected chi connectivity index (χ2v) is 11.7. The molecule has 0 heterocycles. The van der Waals surface area contributed by atoms with Crippen LogP contribution in [0.4, 0.5) is 0 Å². The second kappa shape index (κ2) is 26.3. The number of esters is 3. The van der Waals surface area contributed by atoms with E-state index < -0.39 is 48.5 Å². The van der Waals surface area contributed by atoms with Gasteiger partial charge >= 0.3 is 17.9 Å². The molecule has 12 heteroatoms. The van der Waals surface area contributed by atoms with Crippen molar-refractivity contribution in [3.05, 3.63) is 0 Å². The first-order valence-corrected chi connectivity index (χ1v) is 16.6. The number of carbonyl (C=O) groups is 5. The van der Waals surface area contributed by atoms with Crippen LogP contribution in [0.1, 0.15) is 111 Å². The molecule has 0 radical (unpaired) electrons. The number of ether oxygens (including phenoxy) is 3. The number of nitrogens with one attached hydrogen (secondary N) is 2. The van der Waals surface area contributed by atoms with Crippen LogP contribution in [0.2, 0.25) is 0 Å². The van der Waals surface area contributed by atoms with Crippen LogP contribution in [0.3, 0.4) is 0 Å². The Bertz CT molecular complexity index is 782. The Morgan fingerprint density at radius 2 is 1.31 bits per heavy atom. The quantitative estimate of drug-likeness (QED) is 0.0739. The van der Waals surface area contributed by atoms with E-state index in [2.05, 4.69) is 22.3 Å². The lowest BCUT2D eigenvalue weighted by atomic mass is 10.0. The molecule has 0 aromatic rings. The number of methoxy groups -OCH3 is 1. The minimum atomic E-state index is -1.27. The van der Waals surface area contributed by atoms with Gasteiger partial charge in [-0.05, 0) is 13.3 Å². The standard InChI is InChI=1S/C30H55N3O8S/c1-5-6-7-8-9-10-11-12-13-14-15-16-17-18-27(35)40-19-20-42-22-26(32-24(3)34)28(36)33-25(30(38)39-4)21-41-29(37)23(2)31/h23,25-26H,5-22,31H2,1-4H3,(H,32,34)(H,33,36)/t23-,25-,26-/m0/s1. The number of hydrogen-bond acceptors (Lipinski definition) is 10. The minimum Gasteiger partial charge on any atom is -0.467 e. The second-order valence-electron chi connectivity index (χ2n) is 10.5. The maximum Gasteiger partial charge on any atom is 0.331 e. The summed E-state index contributed by atoms with van der Waals surface area (Å²) in [6.45, 7) is 4.66. The van der Waals surface area contributed by atoms with E-state index in [1.165, 1.54) is 89.8 Å². The minimum absolute atomic E-state index is 0.176. The maximum atomic E-state index is 12.8. The number of amides is 2. The third-order valence-electron chi connectivity index (χ3n) is 6.52. The van der Waals surface area contributed by atoms with Crippen molar-refractivity contribution in [1.82, 2.24) is 10.6 Å². The van der Waals surface area contributed by atoms with E-state index >= 15 is 0 Å². The van der Waals surface area contributed by atoms with Crippen molar-refractivity contribution in [3.63, 3.8) is 0 Å². The first kappa shape index (κ1) is 39.7. The van der Waals surface area contributed by atoms with Gasteiger partial charge in [-0.3, -0.25) is 19.2 Å². The highest BCUT2D eigenvalue weighted by Crippen LogP contribution is 2.13. The van der Waals surface area contributed by atoms with Gasteiger partial charge in [-0.25, -0.2) is 4.79 Å². The zero-order valence-electron chi connectivity index (χ0n) is 26.2. The number of nitrogens with two attached hydrogens (primary N) is 1. The fraction of sp³-hybridized carbons (Fsp3) is 0.833. The number of unbranched alkanes of at least 4 members (excludes halogenated alkanes) is 12. The van der Waals surface area contributed by atoms with E-state index in [9.17, 15) is 24.0 Å². The van der Waals surface area contributed by atoms with E-state index in [1.54, 1.807) is 0 Å². The molecular formula is C30H55N3O8S. The average Bonchev–Trinajstić information content (AvgIpc) is 2.95. The molecular weight excluding hydrogens is 562 g/mol. The summed E-state index contributed by atoms with van der Waals surface area (Å²) < 4.78 is 14.9. The lowest BCUT2D eigenvalue weighted by Crippen LogP contribution is -2.54. The Kier molecular flexibility index (Phi) is 24.8. The van der Waals surface area contributed by atoms with Crippen molar-refractivity contribution >= 4 is 41.5 Å². The molecule has 3 atom stereocenters. The van der Waals surface area contributed by atoms with Crippen LogP contribution in [-0.4, -0.2) is 79.7 Å². The number of hydrogen-bond donors (Lipinski definition) is 3. The van der Waals surface area contributed by atoms with Gasteiger partial charge in [0, 0.05) is 24.9 Å². The van der Waals surface area contributed by atoms with Gasteiger partial charge in [0.1, 0.15) is 25.3 Å². The lowest BCUT2D eigenvalue weighted by molar-refractivity contribution is -0.152. The number of rotatable bonds is 26. The molecule has 0 saturated heterocycles. The molecule has 0 bridgehead atoms. The van der Waals surface area contributed by atoms with Crippen molar-refractivity contribution in [1.29, 1.82) is 0 Å². The van der Waals surface area contributed by atoms with E-state index in [4.69, 9.17) is 15.2 Å². The first-order valence-electron chi connectivity index (χ1n) is 15.4. The van der Waals surface area contributed by atoms with Crippen molar-refractivity contribution < 1.29 is 38.2 Å². The van der Waals surface area contributed by atoms with E-state index in [0.29, 0.717) is 12.2 Å². The Labute approximate surface area is 256 Å². The molecule has 0 saturated carbocycles. The van der Waals surface area contributed by atoms with Crippen LogP contribution in [0.25, 0.3) is 0 Å². The van der Waals surface area contributed by atoms with Crippen LogP contribution in [0.15, 0.2) is 0 Å². The molecule has 0 aliphatic carbocycles. The fourth-order valence-corrected chi connectivity index (χ4v) is 4.92. The monoisotopic (exact) mass is 617 g/mol. The smallest absolute Gasteiger partial charge is 0.331 e. The molecule has 0 aliphatic heterocycles. The zero-order chi connectivity index (χ0) is 31.6. The van der Waals surface area contributed by atoms with Gasteiger partial charge in [0.2, 0.25) is 11.8 Å². The van der Waals surface area contributed by atoms with Crippen LogP contribution in [0, 0.1) is 0 Å². The predicted octanol–water partition coefficient (Wildman–Crippen LogP) is 3.80. The highest BCUT2D eigenvalue weighted by atomic mass is 32.2. The van der Waals surface area contributed by atoms with Gasteiger partial charge in [-0.2, -0.15) is 11.8 Å². The highest BCUT2D eigenvalue weighted by molar-refractivity contribution is 7.99. The van der Waals surface area contributed by atoms with Crippen molar-refractivity contribution in [2.24, 2.45) is 5.73 Å². The van der Waals surface area contributed by atoms with Crippen molar-refractivity contribution in [3.8, 4) is 0 Å². The molecule has 0 aromatic carbocycles. The Balaban J connectivity index is 4.16. The van der Waals surface area contributed by atoms with E-state index in [1.807, 2.05) is 0 Å². The van der Waals surface area contributed by atoms with Gasteiger partial charge < -0.3 is 30.6 Å². The van der Waals surface area contributed by atoms with Gasteiger partial charge in [0.15, 0.2) is 6.04 Å². The summed E-state index contributed by atoms with van der Waals surface area (Å²) in [7, 11) is 1.13. The summed E-state index contributed by atoms with van der Waals surface area (Å²) in [6, 6.07) is -3.13. The van der Waals surface area contributed by atoms with Gasteiger partial charge in [-0.15, -0.1) is 0 Å². The molecule has 11 nitrogen and oxygen atoms in total. The zero-order valence-corrected chi connectivity index (χ0v) is 27.0.